The molecule has 8 nitrogen and oxygen atoms in total. The molecule has 2 unspecified atom stereocenters. The van der Waals surface area contributed by atoms with Gasteiger partial charge in [-0.1, -0.05) is 11.6 Å². The number of amides is 2. The van der Waals surface area contributed by atoms with Crippen LogP contribution in [0.2, 0.25) is 4.34 Å². The van der Waals surface area contributed by atoms with Crippen LogP contribution in [-0.4, -0.2) is 74.5 Å². The zero-order valence-electron chi connectivity index (χ0n) is 17.3. The van der Waals surface area contributed by atoms with Gasteiger partial charge >= 0.3 is 0 Å². The van der Waals surface area contributed by atoms with E-state index in [1.165, 1.54) is 22.3 Å². The van der Waals surface area contributed by atoms with E-state index in [2.05, 4.69) is 4.72 Å². The Bertz CT molecular complexity index is 995. The van der Waals surface area contributed by atoms with E-state index >= 15 is 0 Å². The number of methoxy groups -OCH3 is 1. The SMILES string of the molecule is COC1CC12CCCN2C(=O)CN1CCC[C@H](NS(=O)(=O)/C=C/c2ccc(Cl)s2)C1=O. The predicted molar refractivity (Wildman–Crippen MR) is 119 cm³/mol. The van der Waals surface area contributed by atoms with E-state index in [4.69, 9.17) is 16.3 Å². The summed E-state index contributed by atoms with van der Waals surface area (Å²) in [6, 6.07) is 2.53. The lowest BCUT2D eigenvalue weighted by molar-refractivity contribution is -0.144. The van der Waals surface area contributed by atoms with Crippen LogP contribution < -0.4 is 4.72 Å². The molecule has 1 N–H and O–H groups in total. The Hall–Kier alpha value is -1.46. The first kappa shape index (κ1) is 22.7. The van der Waals surface area contributed by atoms with E-state index in [0.717, 1.165) is 24.7 Å². The highest BCUT2D eigenvalue weighted by molar-refractivity contribution is 7.92. The van der Waals surface area contributed by atoms with Gasteiger partial charge in [-0.3, -0.25) is 9.59 Å². The standard InChI is InChI=1S/C20H26ClN3O5S2/c1-29-16-12-20(16)8-3-10-24(20)18(25)13-23-9-2-4-15(19(23)26)22-31(27,28)11-7-14-5-6-17(21)30-14/h5-7,11,15-16,22H,2-4,8-10,12-13H2,1H3/b11-7+/t15-,16?,20?/m0/s1. The van der Waals surface area contributed by atoms with E-state index < -0.39 is 16.1 Å². The maximum absolute atomic E-state index is 12.9. The molecular weight excluding hydrogens is 462 g/mol. The summed E-state index contributed by atoms with van der Waals surface area (Å²) in [5, 5.41) is 1.04. The number of hydrogen-bond donors (Lipinski definition) is 1. The van der Waals surface area contributed by atoms with Gasteiger partial charge in [-0.2, -0.15) is 4.72 Å². The van der Waals surface area contributed by atoms with Crippen LogP contribution in [0.4, 0.5) is 0 Å². The lowest BCUT2D eigenvalue weighted by Crippen LogP contribution is -2.55. The second kappa shape index (κ2) is 8.82. The fourth-order valence-corrected chi connectivity index (χ4v) is 6.72. The average molecular weight is 488 g/mol. The Morgan fingerprint density at radius 1 is 1.39 bits per heavy atom. The molecule has 1 aromatic heterocycles. The molecule has 2 saturated heterocycles. The Balaban J connectivity index is 1.36. The summed E-state index contributed by atoms with van der Waals surface area (Å²) in [5.41, 5.74) is -0.207. The van der Waals surface area contributed by atoms with Crippen LogP contribution in [0.25, 0.3) is 6.08 Å². The molecule has 1 aromatic rings. The number of halogens is 1. The number of ether oxygens (including phenoxy) is 1. The number of hydrogen-bond acceptors (Lipinski definition) is 6. The molecule has 3 aliphatic rings. The summed E-state index contributed by atoms with van der Waals surface area (Å²) in [6.07, 6.45) is 5.25. The number of carbonyl (C=O) groups is 2. The molecule has 1 saturated carbocycles. The highest BCUT2D eigenvalue weighted by atomic mass is 35.5. The van der Waals surface area contributed by atoms with Gasteiger partial charge in [0.15, 0.2) is 0 Å². The zero-order valence-corrected chi connectivity index (χ0v) is 19.6. The summed E-state index contributed by atoms with van der Waals surface area (Å²) in [4.78, 5) is 29.9. The maximum atomic E-state index is 12.9. The summed E-state index contributed by atoms with van der Waals surface area (Å²) in [6.45, 7) is 1.09. The van der Waals surface area contributed by atoms with Gasteiger partial charge in [0.25, 0.3) is 0 Å². The van der Waals surface area contributed by atoms with Gasteiger partial charge in [-0.15, -0.1) is 11.3 Å². The van der Waals surface area contributed by atoms with Crippen LogP contribution in [0.5, 0.6) is 0 Å². The number of carbonyl (C=O) groups excluding carboxylic acids is 2. The van der Waals surface area contributed by atoms with E-state index in [1.54, 1.807) is 19.2 Å². The van der Waals surface area contributed by atoms with Crippen molar-refractivity contribution >= 4 is 50.9 Å². The molecule has 11 heteroatoms. The van der Waals surface area contributed by atoms with Crippen LogP contribution in [0.15, 0.2) is 17.5 Å². The van der Waals surface area contributed by atoms with Crippen molar-refractivity contribution in [3.8, 4) is 0 Å². The first-order valence-corrected chi connectivity index (χ1v) is 13.1. The van der Waals surface area contributed by atoms with Gasteiger partial charge < -0.3 is 14.5 Å². The molecule has 3 atom stereocenters. The molecule has 0 aromatic carbocycles. The number of sulfonamides is 1. The third-order valence-electron chi connectivity index (χ3n) is 6.26. The van der Waals surface area contributed by atoms with Crippen LogP contribution >= 0.6 is 22.9 Å². The maximum Gasteiger partial charge on any atom is 0.242 e. The smallest absolute Gasteiger partial charge is 0.242 e. The van der Waals surface area contributed by atoms with Crippen LogP contribution in [0.3, 0.4) is 0 Å². The number of likely N-dealkylation sites (tertiary alicyclic amines) is 2. The summed E-state index contributed by atoms with van der Waals surface area (Å²) in [7, 11) is -2.16. The molecule has 31 heavy (non-hydrogen) atoms. The second-order valence-electron chi connectivity index (χ2n) is 8.24. The van der Waals surface area contributed by atoms with Gasteiger partial charge in [0.05, 0.1) is 22.5 Å². The molecule has 3 fully saturated rings. The fraction of sp³-hybridized carbons (Fsp3) is 0.600. The van der Waals surface area contributed by atoms with Crippen LogP contribution in [0, 0.1) is 0 Å². The minimum atomic E-state index is -3.82. The van der Waals surface area contributed by atoms with Crippen molar-refractivity contribution in [2.45, 2.75) is 49.8 Å². The highest BCUT2D eigenvalue weighted by Gasteiger charge is 2.62. The van der Waals surface area contributed by atoms with Crippen molar-refractivity contribution < 1.29 is 22.7 Å². The van der Waals surface area contributed by atoms with E-state index in [1.807, 2.05) is 4.90 Å². The Morgan fingerprint density at radius 2 is 2.19 bits per heavy atom. The van der Waals surface area contributed by atoms with Gasteiger partial charge in [-0.05, 0) is 43.9 Å². The summed E-state index contributed by atoms with van der Waals surface area (Å²) >= 11 is 7.12. The summed E-state index contributed by atoms with van der Waals surface area (Å²) < 4.78 is 33.4. The molecule has 2 aliphatic heterocycles. The number of thiophene rings is 1. The highest BCUT2D eigenvalue weighted by Crippen LogP contribution is 2.51. The largest absolute Gasteiger partial charge is 0.379 e. The number of rotatable bonds is 7. The molecule has 3 heterocycles. The molecule has 0 bridgehead atoms. The molecule has 4 rings (SSSR count). The minimum Gasteiger partial charge on any atom is -0.379 e. The number of piperidine rings is 1. The first-order chi connectivity index (χ1) is 14.7. The Labute approximate surface area is 191 Å². The van der Waals surface area contributed by atoms with Gasteiger partial charge in [0.1, 0.15) is 6.04 Å². The molecule has 170 valence electrons. The molecule has 1 aliphatic carbocycles. The number of nitrogens with one attached hydrogen (secondary N) is 1. The predicted octanol–water partition coefficient (Wildman–Crippen LogP) is 2.06. The first-order valence-electron chi connectivity index (χ1n) is 10.3. The molecule has 2 amide bonds. The van der Waals surface area contributed by atoms with Crippen molar-refractivity contribution in [3.05, 3.63) is 26.8 Å². The van der Waals surface area contributed by atoms with Crippen molar-refractivity contribution in [3.63, 3.8) is 0 Å². The van der Waals surface area contributed by atoms with Gasteiger partial charge in [0.2, 0.25) is 21.8 Å². The van der Waals surface area contributed by atoms with Crippen molar-refractivity contribution in [2.24, 2.45) is 0 Å². The second-order valence-corrected chi connectivity index (χ2v) is 11.6. The average Bonchev–Trinajstić information content (AvgIpc) is 3.02. The number of nitrogens with zero attached hydrogens (tertiary/aromatic N) is 2. The zero-order chi connectivity index (χ0) is 22.2. The van der Waals surface area contributed by atoms with Crippen LogP contribution in [-0.2, 0) is 24.3 Å². The van der Waals surface area contributed by atoms with Gasteiger partial charge in [0, 0.05) is 36.9 Å². The minimum absolute atomic E-state index is 0.0290. The van der Waals surface area contributed by atoms with Crippen molar-refractivity contribution in [1.82, 2.24) is 14.5 Å². The lowest BCUT2D eigenvalue weighted by Gasteiger charge is -2.34. The van der Waals surface area contributed by atoms with Crippen molar-refractivity contribution in [2.75, 3.05) is 26.7 Å². The fourth-order valence-electron chi connectivity index (χ4n) is 4.65. The lowest BCUT2D eigenvalue weighted by atomic mass is 10.1. The van der Waals surface area contributed by atoms with Crippen LogP contribution in [0.1, 0.15) is 37.0 Å². The van der Waals surface area contributed by atoms with Gasteiger partial charge in [-0.25, -0.2) is 8.42 Å². The normalized spacial score (nSPS) is 28.8. The third-order valence-corrected chi connectivity index (χ3v) is 8.57. The Morgan fingerprint density at radius 3 is 2.87 bits per heavy atom. The Kier molecular flexibility index (Phi) is 6.47. The van der Waals surface area contributed by atoms with E-state index in [-0.39, 0.29) is 30.0 Å². The van der Waals surface area contributed by atoms with E-state index in [0.29, 0.717) is 35.1 Å². The quantitative estimate of drug-likeness (QED) is 0.635. The molecule has 1 spiro atoms. The monoisotopic (exact) mass is 487 g/mol. The molecule has 0 radical (unpaired) electrons. The van der Waals surface area contributed by atoms with E-state index in [9.17, 15) is 18.0 Å². The third kappa shape index (κ3) is 4.83. The molecular formula is C20H26ClN3O5S2. The topological polar surface area (TPSA) is 96.0 Å². The van der Waals surface area contributed by atoms with Crippen molar-refractivity contribution in [1.29, 1.82) is 0 Å². The summed E-state index contributed by atoms with van der Waals surface area (Å²) in [5.74, 6) is -0.452.